The average molecular weight is 278 g/mol. The minimum atomic E-state index is -0.419. The molecule has 1 heterocycles. The number of hydrogen-bond acceptors (Lipinski definition) is 2. The van der Waals surface area contributed by atoms with E-state index in [2.05, 4.69) is 10.3 Å². The number of carbonyl (C=O) groups is 1. The van der Waals surface area contributed by atoms with Gasteiger partial charge in [-0.2, -0.15) is 0 Å². The summed E-state index contributed by atoms with van der Waals surface area (Å²) in [5, 5.41) is 12.2. The minimum Gasteiger partial charge on any atom is -0.396 e. The van der Waals surface area contributed by atoms with Crippen LogP contribution < -0.4 is 5.32 Å². The highest BCUT2D eigenvalue weighted by Gasteiger charge is 2.20. The van der Waals surface area contributed by atoms with Crippen molar-refractivity contribution in [3.05, 3.63) is 35.8 Å². The molecule has 2 aromatic rings. The van der Waals surface area contributed by atoms with Crippen LogP contribution in [-0.2, 0) is 0 Å². The molecule has 108 valence electrons. The molecule has 1 atom stereocenters. The molecule has 0 spiro atoms. The summed E-state index contributed by atoms with van der Waals surface area (Å²) in [6, 6.07) is 4.52. The van der Waals surface area contributed by atoms with Crippen LogP contribution in [0.5, 0.6) is 0 Å². The van der Waals surface area contributed by atoms with Gasteiger partial charge in [-0.25, -0.2) is 4.39 Å². The lowest BCUT2D eigenvalue weighted by Gasteiger charge is -2.21. The maximum Gasteiger partial charge on any atom is 0.253 e. The second kappa shape index (κ2) is 6.05. The van der Waals surface area contributed by atoms with E-state index < -0.39 is 5.82 Å². The fraction of sp³-hybridized carbons (Fsp3) is 0.400. The number of hydrogen-bond donors (Lipinski definition) is 3. The molecule has 1 aromatic carbocycles. The molecule has 1 aromatic heterocycles. The summed E-state index contributed by atoms with van der Waals surface area (Å²) < 4.78 is 13.8. The van der Waals surface area contributed by atoms with Crippen LogP contribution in [0.15, 0.2) is 24.4 Å². The van der Waals surface area contributed by atoms with Crippen LogP contribution in [0.1, 0.15) is 30.6 Å². The van der Waals surface area contributed by atoms with Gasteiger partial charge in [0, 0.05) is 29.7 Å². The number of aromatic nitrogens is 1. The summed E-state index contributed by atoms with van der Waals surface area (Å²) >= 11 is 0. The van der Waals surface area contributed by atoms with Gasteiger partial charge in [-0.3, -0.25) is 4.79 Å². The Kier molecular flexibility index (Phi) is 4.39. The zero-order valence-electron chi connectivity index (χ0n) is 11.6. The summed E-state index contributed by atoms with van der Waals surface area (Å²) in [5.74, 6) is -0.549. The molecule has 4 nitrogen and oxygen atoms in total. The third-order valence-corrected chi connectivity index (χ3v) is 3.46. The molecule has 0 saturated carbocycles. The molecule has 1 unspecified atom stereocenters. The number of nitrogens with one attached hydrogen (secondary N) is 2. The number of carbonyl (C=O) groups excluding carboxylic acids is 1. The lowest BCUT2D eigenvalue weighted by atomic mass is 10.0. The quantitative estimate of drug-likeness (QED) is 0.786. The molecule has 0 saturated heterocycles. The van der Waals surface area contributed by atoms with Crippen LogP contribution >= 0.6 is 0 Å². The number of rotatable bonds is 5. The Hall–Kier alpha value is -1.88. The van der Waals surface area contributed by atoms with Crippen molar-refractivity contribution in [2.45, 2.75) is 26.3 Å². The Morgan fingerprint density at radius 2 is 2.20 bits per heavy atom. The Labute approximate surface area is 117 Å². The van der Waals surface area contributed by atoms with Gasteiger partial charge in [0.05, 0.1) is 5.56 Å². The lowest BCUT2D eigenvalue weighted by molar-refractivity contribution is 0.0918. The van der Waals surface area contributed by atoms with E-state index in [-0.39, 0.29) is 24.5 Å². The maximum absolute atomic E-state index is 13.8. The molecule has 3 N–H and O–H groups in total. The van der Waals surface area contributed by atoms with Crippen molar-refractivity contribution in [1.29, 1.82) is 0 Å². The van der Waals surface area contributed by atoms with Gasteiger partial charge in [-0.1, -0.05) is 19.9 Å². The molecule has 0 aliphatic rings. The van der Waals surface area contributed by atoms with Gasteiger partial charge in [0.25, 0.3) is 5.91 Å². The predicted molar refractivity (Wildman–Crippen MR) is 76.1 cm³/mol. The smallest absolute Gasteiger partial charge is 0.253 e. The zero-order valence-corrected chi connectivity index (χ0v) is 11.6. The van der Waals surface area contributed by atoms with E-state index in [1.54, 1.807) is 12.1 Å². The van der Waals surface area contributed by atoms with Crippen molar-refractivity contribution in [2.24, 2.45) is 5.92 Å². The first-order valence-electron chi connectivity index (χ1n) is 6.72. The number of aliphatic hydroxyl groups excluding tert-OH is 1. The molecule has 5 heteroatoms. The number of benzene rings is 1. The highest BCUT2D eigenvalue weighted by atomic mass is 19.1. The second-order valence-corrected chi connectivity index (χ2v) is 5.20. The van der Waals surface area contributed by atoms with Gasteiger partial charge < -0.3 is 15.4 Å². The van der Waals surface area contributed by atoms with Crippen molar-refractivity contribution >= 4 is 16.8 Å². The fourth-order valence-electron chi connectivity index (χ4n) is 2.28. The van der Waals surface area contributed by atoms with Gasteiger partial charge in [0.15, 0.2) is 0 Å². The van der Waals surface area contributed by atoms with E-state index in [1.807, 2.05) is 13.8 Å². The van der Waals surface area contributed by atoms with Crippen LogP contribution in [0.4, 0.5) is 4.39 Å². The highest BCUT2D eigenvalue weighted by molar-refractivity contribution is 6.07. The Balaban J connectivity index is 2.27. The van der Waals surface area contributed by atoms with Gasteiger partial charge in [0.2, 0.25) is 0 Å². The van der Waals surface area contributed by atoms with E-state index in [0.717, 1.165) is 0 Å². The van der Waals surface area contributed by atoms with Crippen LogP contribution in [0.3, 0.4) is 0 Å². The third kappa shape index (κ3) is 2.82. The molecule has 0 aliphatic heterocycles. The third-order valence-electron chi connectivity index (χ3n) is 3.46. The zero-order chi connectivity index (χ0) is 14.7. The van der Waals surface area contributed by atoms with Crippen molar-refractivity contribution < 1.29 is 14.3 Å². The molecule has 2 rings (SSSR count). The summed E-state index contributed by atoms with van der Waals surface area (Å²) in [4.78, 5) is 15.2. The number of halogens is 1. The van der Waals surface area contributed by atoms with Crippen molar-refractivity contribution in [3.8, 4) is 0 Å². The lowest BCUT2D eigenvalue weighted by Crippen LogP contribution is -2.39. The monoisotopic (exact) mass is 278 g/mol. The predicted octanol–water partition coefficient (Wildman–Crippen LogP) is 2.44. The normalized spacial score (nSPS) is 12.8. The summed E-state index contributed by atoms with van der Waals surface area (Å²) in [7, 11) is 0. The number of H-pyrrole nitrogens is 1. The molecule has 1 amide bonds. The summed E-state index contributed by atoms with van der Waals surface area (Å²) in [6.07, 6.45) is 1.99. The highest BCUT2D eigenvalue weighted by Crippen LogP contribution is 2.21. The maximum atomic E-state index is 13.8. The Morgan fingerprint density at radius 3 is 2.85 bits per heavy atom. The fourth-order valence-corrected chi connectivity index (χ4v) is 2.28. The van der Waals surface area contributed by atoms with Crippen LogP contribution in [0.25, 0.3) is 10.9 Å². The Morgan fingerprint density at radius 1 is 1.45 bits per heavy atom. The van der Waals surface area contributed by atoms with Crippen molar-refractivity contribution in [1.82, 2.24) is 10.3 Å². The molecular weight excluding hydrogens is 259 g/mol. The van der Waals surface area contributed by atoms with Gasteiger partial charge in [0.1, 0.15) is 5.82 Å². The van der Waals surface area contributed by atoms with Gasteiger partial charge >= 0.3 is 0 Å². The second-order valence-electron chi connectivity index (χ2n) is 5.20. The SMILES string of the molecule is CC(C)C(CCO)NC(=O)c1c[nH]c2cccc(F)c12. The number of fused-ring (bicyclic) bond motifs is 1. The van der Waals surface area contributed by atoms with Gasteiger partial charge in [-0.05, 0) is 24.5 Å². The topological polar surface area (TPSA) is 65.1 Å². The van der Waals surface area contributed by atoms with Crippen LogP contribution in [-0.4, -0.2) is 28.6 Å². The first kappa shape index (κ1) is 14.5. The standard InChI is InChI=1S/C15H19FN2O2/c1-9(2)12(6-7-19)18-15(20)10-8-17-13-5-3-4-11(16)14(10)13/h3-5,8-9,12,17,19H,6-7H2,1-2H3,(H,18,20). The van der Waals surface area contributed by atoms with E-state index in [0.29, 0.717) is 22.9 Å². The van der Waals surface area contributed by atoms with E-state index in [1.165, 1.54) is 12.3 Å². The molecule has 0 bridgehead atoms. The molecule has 20 heavy (non-hydrogen) atoms. The van der Waals surface area contributed by atoms with Crippen molar-refractivity contribution in [3.63, 3.8) is 0 Å². The first-order chi connectivity index (χ1) is 9.54. The number of amides is 1. The van der Waals surface area contributed by atoms with Crippen LogP contribution in [0, 0.1) is 11.7 Å². The molecule has 0 fully saturated rings. The van der Waals surface area contributed by atoms with E-state index in [9.17, 15) is 9.18 Å². The van der Waals surface area contributed by atoms with E-state index in [4.69, 9.17) is 5.11 Å². The minimum absolute atomic E-state index is 0.00533. The molecule has 0 radical (unpaired) electrons. The average Bonchev–Trinajstić information content (AvgIpc) is 2.83. The summed E-state index contributed by atoms with van der Waals surface area (Å²) in [6.45, 7) is 3.94. The van der Waals surface area contributed by atoms with Crippen LogP contribution in [0.2, 0.25) is 0 Å². The largest absolute Gasteiger partial charge is 0.396 e. The Bertz CT molecular complexity index is 607. The molecule has 0 aliphatic carbocycles. The first-order valence-corrected chi connectivity index (χ1v) is 6.72. The molecular formula is C15H19FN2O2. The van der Waals surface area contributed by atoms with Crippen molar-refractivity contribution in [2.75, 3.05) is 6.61 Å². The van der Waals surface area contributed by atoms with E-state index >= 15 is 0 Å². The van der Waals surface area contributed by atoms with Gasteiger partial charge in [-0.15, -0.1) is 0 Å². The number of aromatic amines is 1. The number of aliphatic hydroxyl groups is 1. The summed E-state index contributed by atoms with van der Waals surface area (Å²) in [5.41, 5.74) is 0.889.